The Morgan fingerprint density at radius 2 is 1.85 bits per heavy atom. The second kappa shape index (κ2) is 6.54. The number of ether oxygens (including phenoxy) is 2. The smallest absolute Gasteiger partial charge is 0.298 e. The number of aliphatic hydroxyl groups excluding tert-OH is 1. The molecule has 1 aromatic heterocycles. The Morgan fingerprint density at radius 3 is 2.48 bits per heavy atom. The SMILES string of the molecule is COc1ccc([C@H]2C(C#N)=C(O)Oc3c2c(C)nn3-c2ccccc2)cc1. The van der Waals surface area contributed by atoms with Gasteiger partial charge in [0.15, 0.2) is 0 Å². The molecule has 0 saturated heterocycles. The van der Waals surface area contributed by atoms with Crippen LogP contribution in [0.2, 0.25) is 0 Å². The van der Waals surface area contributed by atoms with Crippen LogP contribution < -0.4 is 9.47 Å². The molecule has 0 bridgehead atoms. The van der Waals surface area contributed by atoms with E-state index in [1.54, 1.807) is 11.8 Å². The van der Waals surface area contributed by atoms with E-state index in [0.29, 0.717) is 5.88 Å². The molecule has 2 heterocycles. The number of nitrogens with zero attached hydrogens (tertiary/aromatic N) is 3. The molecular weight excluding hydrogens is 342 g/mol. The van der Waals surface area contributed by atoms with Crippen molar-refractivity contribution >= 4 is 0 Å². The van der Waals surface area contributed by atoms with Gasteiger partial charge in [0.1, 0.15) is 17.4 Å². The van der Waals surface area contributed by atoms with E-state index in [1.807, 2.05) is 61.5 Å². The first kappa shape index (κ1) is 16.7. The van der Waals surface area contributed by atoms with Crippen LogP contribution in [0.1, 0.15) is 22.7 Å². The van der Waals surface area contributed by atoms with Gasteiger partial charge in [-0.15, -0.1) is 0 Å². The van der Waals surface area contributed by atoms with Crippen molar-refractivity contribution in [2.24, 2.45) is 0 Å². The lowest BCUT2D eigenvalue weighted by Crippen LogP contribution is -2.17. The van der Waals surface area contributed by atoms with Crippen molar-refractivity contribution in [2.45, 2.75) is 12.8 Å². The molecule has 27 heavy (non-hydrogen) atoms. The molecule has 6 nitrogen and oxygen atoms in total. The quantitative estimate of drug-likeness (QED) is 0.764. The molecule has 0 fully saturated rings. The van der Waals surface area contributed by atoms with Crippen LogP contribution in [0, 0.1) is 18.3 Å². The first-order chi connectivity index (χ1) is 13.1. The van der Waals surface area contributed by atoms with Crippen LogP contribution in [0.25, 0.3) is 5.69 Å². The second-order valence-corrected chi connectivity index (χ2v) is 6.19. The van der Waals surface area contributed by atoms with Gasteiger partial charge in [0.05, 0.1) is 30.0 Å². The molecule has 3 aromatic rings. The van der Waals surface area contributed by atoms with Crippen molar-refractivity contribution < 1.29 is 14.6 Å². The Hall–Kier alpha value is -3.72. The van der Waals surface area contributed by atoms with Gasteiger partial charge in [-0.3, -0.25) is 0 Å². The number of hydrogen-bond donors (Lipinski definition) is 1. The van der Waals surface area contributed by atoms with E-state index in [1.165, 1.54) is 0 Å². The second-order valence-electron chi connectivity index (χ2n) is 6.19. The highest BCUT2D eigenvalue weighted by molar-refractivity contribution is 5.57. The Morgan fingerprint density at radius 1 is 1.15 bits per heavy atom. The van der Waals surface area contributed by atoms with Crippen molar-refractivity contribution in [1.29, 1.82) is 5.26 Å². The highest BCUT2D eigenvalue weighted by Gasteiger charge is 2.37. The van der Waals surface area contributed by atoms with Crippen LogP contribution in [0.4, 0.5) is 0 Å². The van der Waals surface area contributed by atoms with Gasteiger partial charge in [-0.1, -0.05) is 30.3 Å². The van der Waals surface area contributed by atoms with Gasteiger partial charge in [-0.05, 0) is 36.8 Å². The van der Waals surface area contributed by atoms with Crippen LogP contribution in [0.15, 0.2) is 66.1 Å². The van der Waals surface area contributed by atoms with E-state index >= 15 is 0 Å². The van der Waals surface area contributed by atoms with E-state index in [4.69, 9.17) is 9.47 Å². The number of aromatic nitrogens is 2. The summed E-state index contributed by atoms with van der Waals surface area (Å²) in [7, 11) is 1.60. The molecule has 1 N–H and O–H groups in total. The van der Waals surface area contributed by atoms with E-state index < -0.39 is 11.9 Å². The Labute approximate surface area is 156 Å². The highest BCUT2D eigenvalue weighted by atomic mass is 16.6. The molecule has 0 spiro atoms. The highest BCUT2D eigenvalue weighted by Crippen LogP contribution is 2.45. The number of para-hydroxylation sites is 1. The molecule has 0 aliphatic carbocycles. The van der Waals surface area contributed by atoms with Crippen molar-refractivity contribution in [3.8, 4) is 23.4 Å². The fourth-order valence-corrected chi connectivity index (χ4v) is 3.35. The number of rotatable bonds is 3. The largest absolute Gasteiger partial charge is 0.497 e. The normalized spacial score (nSPS) is 15.7. The topological polar surface area (TPSA) is 80.3 Å². The zero-order valence-corrected chi connectivity index (χ0v) is 14.9. The maximum atomic E-state index is 10.4. The molecule has 1 aliphatic heterocycles. The van der Waals surface area contributed by atoms with Gasteiger partial charge < -0.3 is 14.6 Å². The van der Waals surface area contributed by atoms with Crippen LogP contribution in [0.3, 0.4) is 0 Å². The predicted molar refractivity (Wildman–Crippen MR) is 99.0 cm³/mol. The summed E-state index contributed by atoms with van der Waals surface area (Å²) in [5.74, 6) is 0.260. The summed E-state index contributed by atoms with van der Waals surface area (Å²) in [4.78, 5) is 0. The number of aryl methyl sites for hydroxylation is 1. The first-order valence-electron chi connectivity index (χ1n) is 8.44. The third kappa shape index (κ3) is 2.70. The lowest BCUT2D eigenvalue weighted by atomic mass is 9.84. The number of nitriles is 1. The van der Waals surface area contributed by atoms with Crippen molar-refractivity contribution in [3.05, 3.63) is 82.9 Å². The minimum absolute atomic E-state index is 0.156. The number of benzene rings is 2. The van der Waals surface area contributed by atoms with E-state index in [0.717, 1.165) is 28.3 Å². The molecule has 0 radical (unpaired) electrons. The van der Waals surface area contributed by atoms with Crippen molar-refractivity contribution in [1.82, 2.24) is 9.78 Å². The lowest BCUT2D eigenvalue weighted by Gasteiger charge is -2.24. The molecule has 2 aromatic carbocycles. The van der Waals surface area contributed by atoms with Crippen LogP contribution in [-0.4, -0.2) is 22.0 Å². The summed E-state index contributed by atoms with van der Waals surface area (Å²) in [5, 5.41) is 24.6. The Bertz CT molecular complexity index is 1060. The van der Waals surface area contributed by atoms with Crippen molar-refractivity contribution in [2.75, 3.05) is 7.11 Å². The Balaban J connectivity index is 1.92. The molecule has 0 amide bonds. The maximum absolute atomic E-state index is 10.4. The van der Waals surface area contributed by atoms with Gasteiger partial charge >= 0.3 is 0 Å². The monoisotopic (exact) mass is 359 g/mol. The third-order valence-corrected chi connectivity index (χ3v) is 4.63. The van der Waals surface area contributed by atoms with Crippen LogP contribution >= 0.6 is 0 Å². The van der Waals surface area contributed by atoms with Gasteiger partial charge in [-0.25, -0.2) is 4.68 Å². The minimum Gasteiger partial charge on any atom is -0.497 e. The summed E-state index contributed by atoms with van der Waals surface area (Å²) in [6.45, 7) is 1.87. The fourth-order valence-electron chi connectivity index (χ4n) is 3.35. The third-order valence-electron chi connectivity index (χ3n) is 4.63. The summed E-state index contributed by atoms with van der Waals surface area (Å²) in [5.41, 5.74) is 3.30. The Kier molecular flexibility index (Phi) is 4.05. The van der Waals surface area contributed by atoms with E-state index in [-0.39, 0.29) is 5.57 Å². The molecule has 134 valence electrons. The number of methoxy groups -OCH3 is 1. The van der Waals surface area contributed by atoms with Gasteiger partial charge in [-0.2, -0.15) is 10.4 Å². The zero-order chi connectivity index (χ0) is 19.0. The fraction of sp³-hybridized carbons (Fsp3) is 0.143. The van der Waals surface area contributed by atoms with Gasteiger partial charge in [0, 0.05) is 0 Å². The summed E-state index contributed by atoms with van der Waals surface area (Å²) in [6, 6.07) is 19.0. The van der Waals surface area contributed by atoms with Gasteiger partial charge in [0.25, 0.3) is 5.95 Å². The van der Waals surface area contributed by atoms with Crippen LogP contribution in [0.5, 0.6) is 11.6 Å². The zero-order valence-electron chi connectivity index (χ0n) is 14.9. The van der Waals surface area contributed by atoms with Crippen molar-refractivity contribution in [3.63, 3.8) is 0 Å². The van der Waals surface area contributed by atoms with Crippen LogP contribution in [-0.2, 0) is 0 Å². The van der Waals surface area contributed by atoms with E-state index in [9.17, 15) is 10.4 Å². The predicted octanol–water partition coefficient (Wildman–Crippen LogP) is 4.01. The number of fused-ring (bicyclic) bond motifs is 1. The summed E-state index contributed by atoms with van der Waals surface area (Å²) < 4.78 is 12.5. The van der Waals surface area contributed by atoms with Gasteiger partial charge in [0.2, 0.25) is 5.88 Å². The number of hydrogen-bond acceptors (Lipinski definition) is 5. The average molecular weight is 359 g/mol. The molecule has 6 heteroatoms. The molecule has 1 aliphatic rings. The standard InChI is InChI=1S/C21H17N3O3/c1-13-18-19(14-8-10-16(26-2)11-9-14)17(12-22)21(25)27-20(18)24(23-13)15-6-4-3-5-7-15/h3-11,19,25H,1-2H3/t19-/m0/s1. The molecule has 4 rings (SSSR count). The number of aliphatic hydroxyl groups is 1. The minimum atomic E-state index is -0.470. The first-order valence-corrected chi connectivity index (χ1v) is 8.44. The van der Waals surface area contributed by atoms with E-state index in [2.05, 4.69) is 11.2 Å². The summed E-state index contributed by atoms with van der Waals surface area (Å²) in [6.07, 6.45) is 0. The molecule has 0 saturated carbocycles. The lowest BCUT2D eigenvalue weighted by molar-refractivity contribution is 0.185. The average Bonchev–Trinajstić information content (AvgIpc) is 3.03. The molecule has 1 atom stereocenters. The summed E-state index contributed by atoms with van der Waals surface area (Å²) >= 11 is 0. The molecular formula is C21H17N3O3. The molecule has 0 unspecified atom stereocenters. The number of allylic oxidation sites excluding steroid dienone is 1. The maximum Gasteiger partial charge on any atom is 0.298 e.